The van der Waals surface area contributed by atoms with E-state index in [2.05, 4.69) is 10.1 Å². The van der Waals surface area contributed by atoms with Crippen LogP contribution in [-0.4, -0.2) is 23.0 Å². The fourth-order valence-corrected chi connectivity index (χ4v) is 1.85. The molecular weight excluding hydrogens is 285 g/mol. The lowest BCUT2D eigenvalue weighted by Gasteiger charge is -2.14. The second kappa shape index (κ2) is 5.47. The molecule has 0 fully saturated rings. The molecule has 0 spiro atoms. The number of benzene rings is 1. The number of nitrogens with two attached hydrogens (primary N) is 1. The highest BCUT2D eigenvalue weighted by atomic mass is 19.4. The van der Waals surface area contributed by atoms with Crippen molar-refractivity contribution in [2.75, 3.05) is 12.8 Å². The Kier molecular flexibility index (Phi) is 3.88. The Balaban J connectivity index is 2.47. The summed E-state index contributed by atoms with van der Waals surface area (Å²) in [7, 11) is 1.18. The third-order valence-corrected chi connectivity index (χ3v) is 2.72. The van der Waals surface area contributed by atoms with E-state index in [1.165, 1.54) is 36.2 Å². The molecular formula is C13H13F3N4O. The number of methoxy groups -OCH3 is 1. The third-order valence-electron chi connectivity index (χ3n) is 2.72. The van der Waals surface area contributed by atoms with E-state index in [1.807, 2.05) is 0 Å². The van der Waals surface area contributed by atoms with E-state index in [9.17, 15) is 13.2 Å². The quantitative estimate of drug-likeness (QED) is 0.886. The van der Waals surface area contributed by atoms with Gasteiger partial charge in [-0.1, -0.05) is 12.1 Å². The van der Waals surface area contributed by atoms with E-state index in [0.717, 1.165) is 6.21 Å². The Hall–Kier alpha value is -2.51. The van der Waals surface area contributed by atoms with Crippen LogP contribution in [0.15, 0.2) is 29.5 Å². The maximum atomic E-state index is 13.1. The second-order valence-corrected chi connectivity index (χ2v) is 4.25. The Morgan fingerprint density at radius 2 is 2.10 bits per heavy atom. The average molecular weight is 298 g/mol. The molecule has 0 saturated carbocycles. The van der Waals surface area contributed by atoms with Gasteiger partial charge in [0.05, 0.1) is 25.2 Å². The zero-order valence-electron chi connectivity index (χ0n) is 11.3. The van der Waals surface area contributed by atoms with Crippen molar-refractivity contribution in [3.8, 4) is 5.75 Å². The normalized spacial score (nSPS) is 12.0. The number of rotatable bonds is 3. The first-order valence-corrected chi connectivity index (χ1v) is 5.93. The minimum absolute atomic E-state index is 0.0974. The molecule has 2 N–H and O–H groups in total. The minimum atomic E-state index is -4.55. The molecule has 5 nitrogen and oxygen atoms in total. The van der Waals surface area contributed by atoms with Crippen LogP contribution in [0.5, 0.6) is 5.75 Å². The monoisotopic (exact) mass is 298 g/mol. The number of alkyl halides is 3. The maximum Gasteiger partial charge on any atom is 0.420 e. The summed E-state index contributed by atoms with van der Waals surface area (Å²) in [4.78, 5) is 3.91. The smallest absolute Gasteiger partial charge is 0.420 e. The van der Waals surface area contributed by atoms with Crippen molar-refractivity contribution in [3.05, 3.63) is 41.2 Å². The lowest BCUT2D eigenvalue weighted by atomic mass is 10.1. The van der Waals surface area contributed by atoms with Gasteiger partial charge in [0, 0.05) is 5.56 Å². The summed E-state index contributed by atoms with van der Waals surface area (Å²) in [6.45, 7) is 1.70. The predicted molar refractivity (Wildman–Crippen MR) is 72.4 cm³/mol. The van der Waals surface area contributed by atoms with Crippen molar-refractivity contribution in [1.29, 1.82) is 0 Å². The number of anilines is 1. The van der Waals surface area contributed by atoms with Crippen molar-refractivity contribution in [2.45, 2.75) is 13.1 Å². The number of hydrogen-bond donors (Lipinski definition) is 1. The number of nitrogens with zero attached hydrogens (tertiary/aromatic N) is 3. The van der Waals surface area contributed by atoms with Crippen molar-refractivity contribution < 1.29 is 17.9 Å². The lowest BCUT2D eigenvalue weighted by Crippen LogP contribution is -2.11. The van der Waals surface area contributed by atoms with Crippen LogP contribution in [-0.2, 0) is 6.18 Å². The summed E-state index contributed by atoms with van der Waals surface area (Å²) in [5.41, 5.74) is 5.19. The van der Waals surface area contributed by atoms with Gasteiger partial charge in [-0.2, -0.15) is 18.3 Å². The largest absolute Gasteiger partial charge is 0.496 e. The number of ether oxygens (including phenoxy) is 1. The van der Waals surface area contributed by atoms with E-state index < -0.39 is 11.7 Å². The molecule has 0 aliphatic heterocycles. The van der Waals surface area contributed by atoms with Crippen LogP contribution in [0.4, 0.5) is 19.1 Å². The Labute approximate surface area is 118 Å². The highest BCUT2D eigenvalue weighted by molar-refractivity contribution is 5.83. The zero-order chi connectivity index (χ0) is 15.6. The maximum absolute atomic E-state index is 13.1. The highest BCUT2D eigenvalue weighted by Crippen LogP contribution is 2.38. The fourth-order valence-electron chi connectivity index (χ4n) is 1.85. The minimum Gasteiger partial charge on any atom is -0.496 e. The van der Waals surface area contributed by atoms with E-state index in [-0.39, 0.29) is 17.3 Å². The van der Waals surface area contributed by atoms with Gasteiger partial charge in [0.25, 0.3) is 0 Å². The molecule has 0 radical (unpaired) electrons. The van der Waals surface area contributed by atoms with Crippen molar-refractivity contribution in [2.24, 2.45) is 5.10 Å². The molecule has 2 rings (SSSR count). The summed E-state index contributed by atoms with van der Waals surface area (Å²) in [6, 6.07) is 4.00. The highest BCUT2D eigenvalue weighted by Gasteiger charge is 2.36. The molecule has 1 aromatic carbocycles. The summed E-state index contributed by atoms with van der Waals surface area (Å²) in [6.07, 6.45) is -1.97. The van der Waals surface area contributed by atoms with Crippen molar-refractivity contribution in [1.82, 2.24) is 9.66 Å². The number of imidazole rings is 1. The first kappa shape index (κ1) is 14.9. The predicted octanol–water partition coefficient (Wildman–Crippen LogP) is 2.68. The number of aryl methyl sites for hydroxylation is 1. The van der Waals surface area contributed by atoms with Crippen LogP contribution in [0.3, 0.4) is 0 Å². The molecule has 21 heavy (non-hydrogen) atoms. The molecule has 1 heterocycles. The van der Waals surface area contributed by atoms with Gasteiger partial charge in [0.15, 0.2) is 0 Å². The molecule has 8 heteroatoms. The van der Waals surface area contributed by atoms with Gasteiger partial charge in [-0.25, -0.2) is 9.66 Å². The number of halogens is 3. The number of hydrogen-bond acceptors (Lipinski definition) is 4. The second-order valence-electron chi connectivity index (χ2n) is 4.25. The van der Waals surface area contributed by atoms with Gasteiger partial charge in [-0.15, -0.1) is 0 Å². The van der Waals surface area contributed by atoms with Crippen molar-refractivity contribution >= 4 is 12.2 Å². The molecule has 0 amide bonds. The Morgan fingerprint density at radius 3 is 2.62 bits per heavy atom. The molecule has 0 aliphatic rings. The molecule has 0 bridgehead atoms. The van der Waals surface area contributed by atoms with E-state index >= 15 is 0 Å². The summed E-state index contributed by atoms with van der Waals surface area (Å²) >= 11 is 0. The van der Waals surface area contributed by atoms with Crippen LogP contribution >= 0.6 is 0 Å². The van der Waals surface area contributed by atoms with Gasteiger partial charge in [0.1, 0.15) is 11.3 Å². The van der Waals surface area contributed by atoms with Gasteiger partial charge in [-0.05, 0) is 13.0 Å². The van der Waals surface area contributed by atoms with E-state index in [0.29, 0.717) is 5.69 Å². The molecule has 0 saturated heterocycles. The molecule has 0 unspecified atom stereocenters. The van der Waals surface area contributed by atoms with Gasteiger partial charge >= 0.3 is 6.18 Å². The number of nitrogen functional groups attached to an aromatic ring is 1. The van der Waals surface area contributed by atoms with Crippen LogP contribution in [0.25, 0.3) is 0 Å². The molecule has 2 aromatic rings. The van der Waals surface area contributed by atoms with Crippen molar-refractivity contribution in [3.63, 3.8) is 0 Å². The SMILES string of the molecule is COc1cccc(C=Nn2cc(C)nc2N)c1C(F)(F)F. The summed E-state index contributed by atoms with van der Waals surface area (Å²) in [5, 5.41) is 3.90. The number of aromatic nitrogens is 2. The molecule has 112 valence electrons. The third kappa shape index (κ3) is 3.15. The van der Waals surface area contributed by atoms with Gasteiger partial charge in [0.2, 0.25) is 5.95 Å². The molecule has 1 aromatic heterocycles. The fraction of sp³-hybridized carbons (Fsp3) is 0.231. The average Bonchev–Trinajstić information content (AvgIpc) is 2.73. The van der Waals surface area contributed by atoms with Gasteiger partial charge < -0.3 is 10.5 Å². The lowest BCUT2D eigenvalue weighted by molar-refractivity contribution is -0.138. The van der Waals surface area contributed by atoms with E-state index in [1.54, 1.807) is 6.92 Å². The Morgan fingerprint density at radius 1 is 1.38 bits per heavy atom. The van der Waals surface area contributed by atoms with Crippen LogP contribution in [0.2, 0.25) is 0 Å². The van der Waals surface area contributed by atoms with Crippen LogP contribution in [0.1, 0.15) is 16.8 Å². The summed E-state index contributed by atoms with van der Waals surface area (Å²) < 4.78 is 45.3. The Bertz CT molecular complexity index is 677. The molecule has 0 atom stereocenters. The standard InChI is InChI=1S/C13H13F3N4O/c1-8-7-20(12(17)19-8)18-6-9-4-3-5-10(21-2)11(9)13(14,15)16/h3-7H,1-2H3,(H2,17,19). The first-order chi connectivity index (χ1) is 9.82. The topological polar surface area (TPSA) is 65.4 Å². The molecule has 0 aliphatic carbocycles. The van der Waals surface area contributed by atoms with Crippen LogP contribution in [0, 0.1) is 6.92 Å². The summed E-state index contributed by atoms with van der Waals surface area (Å²) in [5.74, 6) is -0.165. The first-order valence-electron chi connectivity index (χ1n) is 5.93. The van der Waals surface area contributed by atoms with E-state index in [4.69, 9.17) is 10.5 Å². The van der Waals surface area contributed by atoms with Gasteiger partial charge in [-0.3, -0.25) is 0 Å². The van der Waals surface area contributed by atoms with Crippen LogP contribution < -0.4 is 10.5 Å². The zero-order valence-corrected chi connectivity index (χ0v) is 11.3.